The fraction of sp³-hybridized carbons (Fsp3) is 0.375. The number of nitrogens with one attached hydrogen (secondary N) is 2. The summed E-state index contributed by atoms with van der Waals surface area (Å²) in [6.07, 6.45) is 0. The standard InChI is InChI=1S/C5H10N2S4.C2H4.CH3NS2.Zn/c1-3(7-5(10)11)2-6-4(8)9;1-2;2-1(3)4;/h3H,2H2,1H3,(H2,6,8,9)(H2,7,10,11);1-2H2;(H3,2,3,4);/q;;;+2/p-2. The molecule has 1 fully saturated rings. The van der Waals surface area contributed by atoms with Gasteiger partial charge in [-0.15, -0.1) is 25.8 Å². The second-order valence-electron chi connectivity index (χ2n) is 2.75. The Labute approximate surface area is 144 Å². The fourth-order valence-corrected chi connectivity index (χ4v) is 13.4. The van der Waals surface area contributed by atoms with Crippen LogP contribution in [0.15, 0.2) is 13.2 Å². The van der Waals surface area contributed by atoms with Crippen molar-refractivity contribution in [2.45, 2.75) is 13.0 Å². The summed E-state index contributed by atoms with van der Waals surface area (Å²) in [6.45, 7) is 8.97. The molecule has 0 radical (unpaired) electrons. The number of rotatable bonds is 0. The number of thiocarbonyl (C=S) groups is 3. The molecule has 0 saturated carbocycles. The van der Waals surface area contributed by atoms with Gasteiger partial charge in [-0.1, -0.05) is 12.2 Å². The van der Waals surface area contributed by atoms with Gasteiger partial charge in [-0.3, -0.25) is 0 Å². The van der Waals surface area contributed by atoms with Gasteiger partial charge < -0.3 is 5.73 Å². The Kier molecular flexibility index (Phi) is 17.2. The molecule has 10 heteroatoms. The Morgan fingerprint density at radius 2 is 1.89 bits per heavy atom. The van der Waals surface area contributed by atoms with Crippen molar-refractivity contribution in [1.82, 2.24) is 10.6 Å². The molecule has 1 heterocycles. The molecular weight excluding hydrogens is 396 g/mol. The van der Waals surface area contributed by atoms with Gasteiger partial charge in [0.25, 0.3) is 0 Å². The van der Waals surface area contributed by atoms with Crippen molar-refractivity contribution < 1.29 is 14.7 Å². The molecule has 0 aromatic rings. The zero-order valence-corrected chi connectivity index (χ0v) is 17.9. The van der Waals surface area contributed by atoms with Crippen molar-refractivity contribution in [3.63, 3.8) is 0 Å². The normalized spacial score (nSPS) is 18.2. The minimum atomic E-state index is -0.667. The van der Waals surface area contributed by atoms with Crippen molar-refractivity contribution in [2.75, 3.05) is 6.54 Å². The third kappa shape index (κ3) is 17.1. The van der Waals surface area contributed by atoms with Crippen molar-refractivity contribution in [2.24, 2.45) is 5.73 Å². The van der Waals surface area contributed by atoms with E-state index in [0.29, 0.717) is 6.04 Å². The quantitative estimate of drug-likeness (QED) is 0.210. The van der Waals surface area contributed by atoms with E-state index in [4.69, 9.17) is 30.2 Å². The van der Waals surface area contributed by atoms with Gasteiger partial charge in [-0.25, -0.2) is 0 Å². The molecule has 0 amide bonds. The predicted molar refractivity (Wildman–Crippen MR) is 98.0 cm³/mol. The van der Waals surface area contributed by atoms with Crippen LogP contribution in [0, 0.1) is 0 Å². The minimum Gasteiger partial charge on any atom is -0.385 e. The van der Waals surface area contributed by atoms with Crippen LogP contribution in [0.4, 0.5) is 0 Å². The summed E-state index contributed by atoms with van der Waals surface area (Å²) in [7, 11) is 3.63. The second-order valence-corrected chi connectivity index (χ2v) is 15.7. The van der Waals surface area contributed by atoms with Crippen LogP contribution < -0.4 is 16.4 Å². The van der Waals surface area contributed by atoms with Gasteiger partial charge in [-0.2, -0.15) is 0 Å². The van der Waals surface area contributed by atoms with E-state index in [1.54, 1.807) is 0 Å². The van der Waals surface area contributed by atoms with Crippen LogP contribution >= 0.6 is 68.8 Å². The summed E-state index contributed by atoms with van der Waals surface area (Å²) in [6, 6.07) is 0.379. The molecule has 0 aromatic heterocycles. The van der Waals surface area contributed by atoms with Crippen LogP contribution in [0.5, 0.6) is 0 Å². The third-order valence-electron chi connectivity index (χ3n) is 1.30. The molecule has 1 saturated heterocycles. The van der Waals surface area contributed by atoms with Crippen molar-refractivity contribution in [1.29, 1.82) is 0 Å². The average molecular weight is 411 g/mol. The topological polar surface area (TPSA) is 50.1 Å². The Bertz CT molecular complexity index is 284. The van der Waals surface area contributed by atoms with E-state index in [1.807, 2.05) is 19.5 Å². The maximum Gasteiger partial charge on any atom is 0.128 e. The summed E-state index contributed by atoms with van der Waals surface area (Å²) >= 11 is 17.2. The Hall–Kier alpha value is 1.08. The van der Waals surface area contributed by atoms with Gasteiger partial charge in [-0.05, 0) is 0 Å². The zero-order chi connectivity index (χ0) is 14.6. The molecular formula is C8H15N3S6Zn. The van der Waals surface area contributed by atoms with E-state index in [1.165, 1.54) is 0 Å². The molecule has 18 heavy (non-hydrogen) atoms. The molecule has 100 valence electrons. The van der Waals surface area contributed by atoms with Crippen LogP contribution in [0.25, 0.3) is 0 Å². The first-order valence-corrected chi connectivity index (χ1v) is 15.6. The van der Waals surface area contributed by atoms with E-state index in [2.05, 4.69) is 55.6 Å². The molecule has 0 aromatic carbocycles. The van der Waals surface area contributed by atoms with Gasteiger partial charge in [0.15, 0.2) is 0 Å². The predicted octanol–water partition coefficient (Wildman–Crippen LogP) is 2.48. The number of hydrogen-bond donors (Lipinski definition) is 4. The zero-order valence-electron chi connectivity index (χ0n) is 9.97. The van der Waals surface area contributed by atoms with E-state index >= 15 is 0 Å². The first-order chi connectivity index (χ1) is 8.41. The molecule has 0 bridgehead atoms. The molecule has 3 nitrogen and oxygen atoms in total. The molecule has 4 N–H and O–H groups in total. The first kappa shape index (κ1) is 21.4. The van der Waals surface area contributed by atoms with Gasteiger partial charge in [0.2, 0.25) is 0 Å². The Balaban J connectivity index is 0. The van der Waals surface area contributed by atoms with Gasteiger partial charge in [0.1, 0.15) is 4.32 Å². The Morgan fingerprint density at radius 3 is 2.39 bits per heavy atom. The monoisotopic (exact) mass is 409 g/mol. The van der Waals surface area contributed by atoms with Crippen LogP contribution in [-0.4, -0.2) is 25.5 Å². The molecule has 1 aliphatic heterocycles. The number of hydrogen-bond acceptors (Lipinski definition) is 5. The summed E-state index contributed by atoms with van der Waals surface area (Å²) in [5.41, 5.74) is 4.71. The summed E-state index contributed by atoms with van der Waals surface area (Å²) in [5, 5.41) is 6.45. The molecule has 1 rings (SSSR count). The Morgan fingerprint density at radius 1 is 1.44 bits per heavy atom. The van der Waals surface area contributed by atoms with Crippen LogP contribution in [0.2, 0.25) is 0 Å². The summed E-state index contributed by atoms with van der Waals surface area (Å²) < 4.78 is 2.09. The third-order valence-corrected chi connectivity index (χ3v) is 14.7. The maximum atomic E-state index is 5.14. The SMILES string of the molecule is C=C.CC1CNC(=S)[S][Zn][S]C(=S)N1.NC(=S)S. The maximum absolute atomic E-state index is 5.14. The molecule has 1 aliphatic rings. The van der Waals surface area contributed by atoms with E-state index < -0.39 is 14.7 Å². The summed E-state index contributed by atoms with van der Waals surface area (Å²) in [4.78, 5) is 0. The minimum absolute atomic E-state index is 0.194. The smallest absolute Gasteiger partial charge is 0.128 e. The first-order valence-electron chi connectivity index (χ1n) is 4.74. The van der Waals surface area contributed by atoms with Crippen molar-refractivity contribution in [3.05, 3.63) is 13.2 Å². The van der Waals surface area contributed by atoms with Crippen molar-refractivity contribution in [3.8, 4) is 0 Å². The van der Waals surface area contributed by atoms with Gasteiger partial charge in [0.05, 0.1) is 0 Å². The van der Waals surface area contributed by atoms with Crippen LogP contribution in [0.1, 0.15) is 6.92 Å². The van der Waals surface area contributed by atoms with E-state index in [0.717, 1.165) is 15.2 Å². The van der Waals surface area contributed by atoms with E-state index in [-0.39, 0.29) is 4.32 Å². The largest absolute Gasteiger partial charge is 0.385 e. The number of thiol groups is 1. The van der Waals surface area contributed by atoms with Crippen LogP contribution in [-0.2, 0) is 14.7 Å². The molecule has 1 atom stereocenters. The van der Waals surface area contributed by atoms with Gasteiger partial charge in [0, 0.05) is 0 Å². The van der Waals surface area contributed by atoms with Crippen LogP contribution in [0.3, 0.4) is 0 Å². The summed E-state index contributed by atoms with van der Waals surface area (Å²) in [5.74, 6) is 0. The van der Waals surface area contributed by atoms with Crippen molar-refractivity contribution >= 4 is 81.8 Å². The molecule has 1 unspecified atom stereocenters. The number of nitrogens with two attached hydrogens (primary N) is 1. The van der Waals surface area contributed by atoms with Gasteiger partial charge >= 0.3 is 97.4 Å². The van der Waals surface area contributed by atoms with E-state index in [9.17, 15) is 0 Å². The average Bonchev–Trinajstić information content (AvgIpc) is 2.34. The molecule has 0 spiro atoms. The molecule has 0 aliphatic carbocycles. The fourth-order valence-electron chi connectivity index (χ4n) is 0.718. The second kappa shape index (κ2) is 14.5.